The number of hydrogen-bond acceptors (Lipinski definition) is 3. The van der Waals surface area contributed by atoms with Crippen LogP contribution >= 0.6 is 0 Å². The smallest absolute Gasteiger partial charge is 0.306 e. The molecule has 0 radical (unpaired) electrons. The average Bonchev–Trinajstić information content (AvgIpc) is 2.87. The van der Waals surface area contributed by atoms with E-state index in [1.165, 1.54) is 25.7 Å². The Morgan fingerprint density at radius 2 is 1.14 bits per heavy atom. The van der Waals surface area contributed by atoms with Crippen molar-refractivity contribution in [3.05, 3.63) is 48.6 Å². The van der Waals surface area contributed by atoms with E-state index in [9.17, 15) is 9.59 Å². The number of allylic oxidation sites excluding steroid dienone is 8. The van der Waals surface area contributed by atoms with E-state index >= 15 is 0 Å². The van der Waals surface area contributed by atoms with E-state index in [-0.39, 0.29) is 12.1 Å². The van der Waals surface area contributed by atoms with Crippen molar-refractivity contribution >= 4 is 11.9 Å². The van der Waals surface area contributed by atoms with E-state index in [0.717, 1.165) is 89.9 Å². The molecule has 0 aromatic carbocycles. The number of hydrogen-bond donors (Lipinski definition) is 1. The topological polar surface area (TPSA) is 63.6 Å². The number of ether oxygens (including phenoxy) is 1. The van der Waals surface area contributed by atoms with Gasteiger partial charge < -0.3 is 9.84 Å². The van der Waals surface area contributed by atoms with Crippen LogP contribution in [0.5, 0.6) is 0 Å². The van der Waals surface area contributed by atoms with Crippen molar-refractivity contribution in [1.82, 2.24) is 0 Å². The fourth-order valence-electron chi connectivity index (χ4n) is 4.17. The summed E-state index contributed by atoms with van der Waals surface area (Å²) in [6, 6.07) is 0. The number of carbonyl (C=O) groups excluding carboxylic acids is 1. The second-order valence-corrected chi connectivity index (χ2v) is 9.91. The zero-order valence-corrected chi connectivity index (χ0v) is 24.0. The number of unbranched alkanes of at least 4 members (excludes halogenated alkanes) is 9. The SMILES string of the molecule is CC/C=C\C/C=C\C/C=C\C/C=C\CCCCC(=O)OC(CCC)CCCCCCCCCCC(=O)O. The van der Waals surface area contributed by atoms with Crippen LogP contribution in [0.4, 0.5) is 0 Å². The minimum atomic E-state index is -0.691. The highest BCUT2D eigenvalue weighted by Gasteiger charge is 2.13. The first-order valence-electron chi connectivity index (χ1n) is 15.1. The zero-order chi connectivity index (χ0) is 27.2. The van der Waals surface area contributed by atoms with Crippen molar-refractivity contribution in [2.75, 3.05) is 0 Å². The van der Waals surface area contributed by atoms with E-state index in [1.54, 1.807) is 0 Å². The summed E-state index contributed by atoms with van der Waals surface area (Å²) in [5, 5.41) is 8.65. The van der Waals surface area contributed by atoms with Gasteiger partial charge in [0.05, 0.1) is 0 Å². The lowest BCUT2D eigenvalue weighted by Gasteiger charge is -2.17. The summed E-state index contributed by atoms with van der Waals surface area (Å²) in [4.78, 5) is 22.8. The monoisotopic (exact) mass is 516 g/mol. The molecule has 0 aromatic rings. The first-order chi connectivity index (χ1) is 18.1. The van der Waals surface area contributed by atoms with Crippen LogP contribution in [-0.4, -0.2) is 23.1 Å². The molecule has 0 saturated carbocycles. The largest absolute Gasteiger partial charge is 0.481 e. The molecule has 0 amide bonds. The summed E-state index contributed by atoms with van der Waals surface area (Å²) < 4.78 is 5.78. The summed E-state index contributed by atoms with van der Waals surface area (Å²) in [5.41, 5.74) is 0. The van der Waals surface area contributed by atoms with Gasteiger partial charge in [0, 0.05) is 12.8 Å². The number of aliphatic carboxylic acids is 1. The maximum absolute atomic E-state index is 12.3. The van der Waals surface area contributed by atoms with Gasteiger partial charge in [-0.25, -0.2) is 0 Å². The molecule has 0 aromatic heterocycles. The van der Waals surface area contributed by atoms with Gasteiger partial charge in [0.1, 0.15) is 6.10 Å². The van der Waals surface area contributed by atoms with Crippen molar-refractivity contribution in [3.63, 3.8) is 0 Å². The third-order valence-electron chi connectivity index (χ3n) is 6.30. The van der Waals surface area contributed by atoms with Crippen LogP contribution in [0.3, 0.4) is 0 Å². The summed E-state index contributed by atoms with van der Waals surface area (Å²) >= 11 is 0. The van der Waals surface area contributed by atoms with Crippen molar-refractivity contribution in [2.45, 2.75) is 148 Å². The molecule has 1 unspecified atom stereocenters. The van der Waals surface area contributed by atoms with Gasteiger partial charge in [-0.15, -0.1) is 0 Å². The summed E-state index contributed by atoms with van der Waals surface area (Å²) in [6.07, 6.45) is 37.4. The second-order valence-electron chi connectivity index (χ2n) is 9.91. The Morgan fingerprint density at radius 3 is 1.70 bits per heavy atom. The van der Waals surface area contributed by atoms with Crippen molar-refractivity contribution in [3.8, 4) is 0 Å². The van der Waals surface area contributed by atoms with Gasteiger partial charge in [0.2, 0.25) is 0 Å². The van der Waals surface area contributed by atoms with Crippen LogP contribution in [0.2, 0.25) is 0 Å². The Balaban J connectivity index is 3.73. The summed E-state index contributed by atoms with van der Waals surface area (Å²) in [5.74, 6) is -0.728. The molecule has 0 aliphatic heterocycles. The van der Waals surface area contributed by atoms with E-state index in [2.05, 4.69) is 62.5 Å². The Morgan fingerprint density at radius 1 is 0.622 bits per heavy atom. The average molecular weight is 517 g/mol. The van der Waals surface area contributed by atoms with Gasteiger partial charge in [0.25, 0.3) is 0 Å². The minimum absolute atomic E-state index is 0.0371. The Kier molecular flexibility index (Phi) is 26.9. The van der Waals surface area contributed by atoms with E-state index in [0.29, 0.717) is 12.8 Å². The molecule has 37 heavy (non-hydrogen) atoms. The van der Waals surface area contributed by atoms with E-state index < -0.39 is 5.97 Å². The van der Waals surface area contributed by atoms with Crippen molar-refractivity contribution < 1.29 is 19.4 Å². The number of carboxylic acids is 1. The maximum atomic E-state index is 12.3. The molecule has 1 atom stereocenters. The molecule has 4 heteroatoms. The minimum Gasteiger partial charge on any atom is -0.481 e. The van der Waals surface area contributed by atoms with Gasteiger partial charge in [0.15, 0.2) is 0 Å². The molecule has 0 rings (SSSR count). The summed E-state index contributed by atoms with van der Waals surface area (Å²) in [6.45, 7) is 4.30. The maximum Gasteiger partial charge on any atom is 0.306 e. The first kappa shape index (κ1) is 34.9. The van der Waals surface area contributed by atoms with Crippen LogP contribution in [0.15, 0.2) is 48.6 Å². The van der Waals surface area contributed by atoms with Crippen LogP contribution in [-0.2, 0) is 14.3 Å². The predicted octanol–water partition coefficient (Wildman–Crippen LogP) is 10.0. The first-order valence-corrected chi connectivity index (χ1v) is 15.1. The Labute approximate surface area is 228 Å². The number of esters is 1. The second kappa shape index (κ2) is 28.5. The van der Waals surface area contributed by atoms with Gasteiger partial charge in [-0.05, 0) is 70.6 Å². The summed E-state index contributed by atoms with van der Waals surface area (Å²) in [7, 11) is 0. The zero-order valence-electron chi connectivity index (χ0n) is 24.0. The number of rotatable bonds is 26. The van der Waals surface area contributed by atoms with Gasteiger partial charge in [-0.2, -0.15) is 0 Å². The molecular formula is C33H56O4. The van der Waals surface area contributed by atoms with Crippen molar-refractivity contribution in [1.29, 1.82) is 0 Å². The van der Waals surface area contributed by atoms with Gasteiger partial charge in [-0.3, -0.25) is 9.59 Å². The van der Waals surface area contributed by atoms with Crippen LogP contribution in [0.25, 0.3) is 0 Å². The molecule has 4 nitrogen and oxygen atoms in total. The quantitative estimate of drug-likeness (QED) is 0.0705. The molecule has 0 bridgehead atoms. The highest BCUT2D eigenvalue weighted by atomic mass is 16.5. The molecule has 0 aliphatic rings. The standard InChI is InChI=1S/C33H56O4/c1-3-5-6-7-8-9-10-11-12-13-14-15-20-23-26-30-33(36)37-31(27-4-2)28-24-21-18-16-17-19-22-25-29-32(34)35/h5-6,8-9,11-12,14-15,31H,3-4,7,10,13,16-30H2,1-2H3,(H,34,35)/b6-5-,9-8-,12-11-,15-14-. The van der Waals surface area contributed by atoms with Crippen LogP contribution in [0.1, 0.15) is 142 Å². The fraction of sp³-hybridized carbons (Fsp3) is 0.697. The highest BCUT2D eigenvalue weighted by Crippen LogP contribution is 2.16. The van der Waals surface area contributed by atoms with Gasteiger partial charge >= 0.3 is 11.9 Å². The molecule has 0 heterocycles. The number of carboxylic acid groups (broad SMARTS) is 1. The molecule has 1 N–H and O–H groups in total. The molecule has 212 valence electrons. The molecular weight excluding hydrogens is 460 g/mol. The third kappa shape index (κ3) is 28.3. The van der Waals surface area contributed by atoms with Crippen molar-refractivity contribution in [2.24, 2.45) is 0 Å². The fourth-order valence-corrected chi connectivity index (χ4v) is 4.17. The molecule has 0 aliphatic carbocycles. The molecule has 0 fully saturated rings. The number of carbonyl (C=O) groups is 2. The predicted molar refractivity (Wildman–Crippen MR) is 158 cm³/mol. The molecule has 0 spiro atoms. The van der Waals surface area contributed by atoms with Crippen LogP contribution < -0.4 is 0 Å². The lowest BCUT2D eigenvalue weighted by molar-refractivity contribution is -0.150. The lowest BCUT2D eigenvalue weighted by atomic mass is 10.0. The van der Waals surface area contributed by atoms with E-state index in [1.807, 2.05) is 0 Å². The van der Waals surface area contributed by atoms with E-state index in [4.69, 9.17) is 9.84 Å². The normalized spacial score (nSPS) is 12.9. The lowest BCUT2D eigenvalue weighted by Crippen LogP contribution is -2.18. The van der Waals surface area contributed by atoms with Crippen LogP contribution in [0, 0.1) is 0 Å². The van der Waals surface area contributed by atoms with Gasteiger partial charge in [-0.1, -0.05) is 107 Å². The highest BCUT2D eigenvalue weighted by molar-refractivity contribution is 5.69. The third-order valence-corrected chi connectivity index (χ3v) is 6.30. The Bertz CT molecular complexity index is 645. The Hall–Kier alpha value is -2.10. The molecule has 0 saturated heterocycles.